The van der Waals surface area contributed by atoms with Crippen molar-refractivity contribution in [3.05, 3.63) is 10.6 Å². The Kier molecular flexibility index (Phi) is 2.65. The van der Waals surface area contributed by atoms with Crippen LogP contribution in [0.2, 0.25) is 0 Å². The third kappa shape index (κ3) is 2.28. The SMILES string of the molecule is Cc1nc(NCC2CC2C)sc1C(=O)O. The van der Waals surface area contributed by atoms with E-state index >= 15 is 0 Å². The second-order valence-electron chi connectivity index (χ2n) is 4.09. The fourth-order valence-electron chi connectivity index (χ4n) is 1.57. The molecule has 82 valence electrons. The molecule has 0 amide bonds. The Bertz CT molecular complexity index is 389. The Morgan fingerprint density at radius 1 is 1.73 bits per heavy atom. The second kappa shape index (κ2) is 3.81. The lowest BCUT2D eigenvalue weighted by atomic mass is 10.3. The summed E-state index contributed by atoms with van der Waals surface area (Å²) in [7, 11) is 0. The third-order valence-electron chi connectivity index (χ3n) is 2.78. The summed E-state index contributed by atoms with van der Waals surface area (Å²) in [5.74, 6) is 0.651. The molecule has 0 bridgehead atoms. The van der Waals surface area contributed by atoms with Crippen molar-refractivity contribution in [3.8, 4) is 0 Å². The van der Waals surface area contributed by atoms with Gasteiger partial charge in [-0.1, -0.05) is 18.3 Å². The minimum Gasteiger partial charge on any atom is -0.477 e. The van der Waals surface area contributed by atoms with Crippen molar-refractivity contribution in [2.75, 3.05) is 11.9 Å². The van der Waals surface area contributed by atoms with E-state index in [-0.39, 0.29) is 0 Å². The van der Waals surface area contributed by atoms with Crippen molar-refractivity contribution in [1.82, 2.24) is 4.98 Å². The van der Waals surface area contributed by atoms with Gasteiger partial charge in [-0.2, -0.15) is 0 Å². The van der Waals surface area contributed by atoms with Gasteiger partial charge in [0.05, 0.1) is 5.69 Å². The quantitative estimate of drug-likeness (QED) is 0.826. The molecule has 1 fully saturated rings. The molecule has 1 heterocycles. The van der Waals surface area contributed by atoms with Gasteiger partial charge in [0.2, 0.25) is 0 Å². The molecule has 4 nitrogen and oxygen atoms in total. The Labute approximate surface area is 92.3 Å². The van der Waals surface area contributed by atoms with Crippen LogP contribution in [0.15, 0.2) is 0 Å². The van der Waals surface area contributed by atoms with Gasteiger partial charge < -0.3 is 10.4 Å². The zero-order chi connectivity index (χ0) is 11.0. The van der Waals surface area contributed by atoms with Gasteiger partial charge in [0.15, 0.2) is 5.13 Å². The van der Waals surface area contributed by atoms with Gasteiger partial charge >= 0.3 is 5.97 Å². The highest BCUT2D eigenvalue weighted by Crippen LogP contribution is 2.37. The number of thiazole rings is 1. The van der Waals surface area contributed by atoms with Crippen molar-refractivity contribution in [2.24, 2.45) is 11.8 Å². The number of rotatable bonds is 4. The van der Waals surface area contributed by atoms with E-state index in [4.69, 9.17) is 5.11 Å². The van der Waals surface area contributed by atoms with Crippen LogP contribution in [0.1, 0.15) is 28.7 Å². The van der Waals surface area contributed by atoms with E-state index in [2.05, 4.69) is 17.2 Å². The molecule has 1 aromatic heterocycles. The average Bonchev–Trinajstić information content (AvgIpc) is 2.71. The lowest BCUT2D eigenvalue weighted by molar-refractivity contribution is 0.0701. The number of aryl methyl sites for hydroxylation is 1. The largest absolute Gasteiger partial charge is 0.477 e. The van der Waals surface area contributed by atoms with Crippen LogP contribution in [0.5, 0.6) is 0 Å². The third-order valence-corrected chi connectivity index (χ3v) is 3.89. The number of hydrogen-bond donors (Lipinski definition) is 2. The molecule has 0 aliphatic heterocycles. The number of aromatic carboxylic acids is 1. The van der Waals surface area contributed by atoms with Crippen LogP contribution >= 0.6 is 11.3 Å². The summed E-state index contributed by atoms with van der Waals surface area (Å²) < 4.78 is 0. The monoisotopic (exact) mass is 226 g/mol. The van der Waals surface area contributed by atoms with Crippen molar-refractivity contribution in [2.45, 2.75) is 20.3 Å². The van der Waals surface area contributed by atoms with Gasteiger partial charge in [-0.25, -0.2) is 9.78 Å². The van der Waals surface area contributed by atoms with E-state index in [0.717, 1.165) is 23.5 Å². The number of anilines is 1. The highest BCUT2D eigenvalue weighted by atomic mass is 32.1. The fraction of sp³-hybridized carbons (Fsp3) is 0.600. The summed E-state index contributed by atoms with van der Waals surface area (Å²) in [6.07, 6.45) is 1.27. The molecule has 0 radical (unpaired) electrons. The molecule has 2 rings (SSSR count). The van der Waals surface area contributed by atoms with Crippen LogP contribution < -0.4 is 5.32 Å². The maximum absolute atomic E-state index is 10.8. The number of carboxylic acid groups (broad SMARTS) is 1. The summed E-state index contributed by atoms with van der Waals surface area (Å²) in [6.45, 7) is 4.86. The number of carbonyl (C=O) groups is 1. The van der Waals surface area contributed by atoms with E-state index in [1.54, 1.807) is 6.92 Å². The molecule has 15 heavy (non-hydrogen) atoms. The zero-order valence-corrected chi connectivity index (χ0v) is 9.60. The average molecular weight is 226 g/mol. The second-order valence-corrected chi connectivity index (χ2v) is 5.09. The normalized spacial score (nSPS) is 23.9. The standard InChI is InChI=1S/C10H14N2O2S/c1-5-3-7(5)4-11-10-12-6(2)8(15-10)9(13)14/h5,7H,3-4H2,1-2H3,(H,11,12)(H,13,14). The van der Waals surface area contributed by atoms with Gasteiger partial charge in [0.1, 0.15) is 4.88 Å². The molecule has 2 unspecified atom stereocenters. The van der Waals surface area contributed by atoms with Crippen LogP contribution in [-0.2, 0) is 0 Å². The van der Waals surface area contributed by atoms with Gasteiger partial charge in [0, 0.05) is 6.54 Å². The summed E-state index contributed by atoms with van der Waals surface area (Å²) >= 11 is 1.22. The number of aromatic nitrogens is 1. The van der Waals surface area contributed by atoms with Gasteiger partial charge in [-0.3, -0.25) is 0 Å². The van der Waals surface area contributed by atoms with Crippen LogP contribution in [0.3, 0.4) is 0 Å². The minimum absolute atomic E-state index is 0.335. The Morgan fingerprint density at radius 3 is 2.87 bits per heavy atom. The van der Waals surface area contributed by atoms with E-state index < -0.39 is 5.97 Å². The predicted molar refractivity (Wildman–Crippen MR) is 59.6 cm³/mol. The molecule has 2 atom stereocenters. The molecule has 1 aliphatic rings. The van der Waals surface area contributed by atoms with Crippen molar-refractivity contribution < 1.29 is 9.90 Å². The highest BCUT2D eigenvalue weighted by molar-refractivity contribution is 7.17. The molecule has 2 N–H and O–H groups in total. The molecule has 1 aromatic rings. The Hall–Kier alpha value is -1.10. The lowest BCUT2D eigenvalue weighted by Gasteiger charge is -1.99. The first-order valence-corrected chi connectivity index (χ1v) is 5.84. The first-order valence-electron chi connectivity index (χ1n) is 5.02. The Balaban J connectivity index is 1.97. The molecular formula is C10H14N2O2S. The summed E-state index contributed by atoms with van der Waals surface area (Å²) in [4.78, 5) is 15.3. The van der Waals surface area contributed by atoms with Gasteiger partial charge in [0.25, 0.3) is 0 Å². The van der Waals surface area contributed by atoms with Crippen LogP contribution in [-0.4, -0.2) is 22.6 Å². The highest BCUT2D eigenvalue weighted by Gasteiger charge is 2.32. The van der Waals surface area contributed by atoms with Crippen LogP contribution in [0.25, 0.3) is 0 Å². The molecule has 0 aromatic carbocycles. The number of nitrogens with one attached hydrogen (secondary N) is 1. The number of hydrogen-bond acceptors (Lipinski definition) is 4. The molecule has 0 spiro atoms. The Morgan fingerprint density at radius 2 is 2.40 bits per heavy atom. The van der Waals surface area contributed by atoms with Crippen LogP contribution in [0, 0.1) is 18.8 Å². The number of carboxylic acids is 1. The number of nitrogens with zero attached hydrogens (tertiary/aromatic N) is 1. The molecule has 0 saturated heterocycles. The van der Waals surface area contributed by atoms with E-state index in [9.17, 15) is 4.79 Å². The molecule has 5 heteroatoms. The first kappa shape index (κ1) is 10.4. The molecule has 1 aliphatic carbocycles. The summed E-state index contributed by atoms with van der Waals surface area (Å²) in [5, 5.41) is 12.8. The lowest BCUT2D eigenvalue weighted by Crippen LogP contribution is -2.03. The first-order chi connectivity index (χ1) is 7.08. The predicted octanol–water partition coefficient (Wildman–Crippen LogP) is 2.22. The maximum Gasteiger partial charge on any atom is 0.347 e. The van der Waals surface area contributed by atoms with Crippen molar-refractivity contribution in [1.29, 1.82) is 0 Å². The van der Waals surface area contributed by atoms with E-state index in [1.165, 1.54) is 17.8 Å². The maximum atomic E-state index is 10.8. The smallest absolute Gasteiger partial charge is 0.347 e. The fourth-order valence-corrected chi connectivity index (χ4v) is 2.38. The summed E-state index contributed by atoms with van der Waals surface area (Å²) in [5.41, 5.74) is 0.596. The van der Waals surface area contributed by atoms with Crippen molar-refractivity contribution in [3.63, 3.8) is 0 Å². The van der Waals surface area contributed by atoms with Crippen LogP contribution in [0.4, 0.5) is 5.13 Å². The zero-order valence-electron chi connectivity index (χ0n) is 8.78. The minimum atomic E-state index is -0.891. The van der Waals surface area contributed by atoms with Gasteiger partial charge in [-0.15, -0.1) is 0 Å². The summed E-state index contributed by atoms with van der Waals surface area (Å²) in [6, 6.07) is 0. The van der Waals surface area contributed by atoms with Crippen molar-refractivity contribution >= 4 is 22.4 Å². The molecule has 1 saturated carbocycles. The van der Waals surface area contributed by atoms with E-state index in [1.807, 2.05) is 0 Å². The molecular weight excluding hydrogens is 212 g/mol. The van der Waals surface area contributed by atoms with Gasteiger partial charge in [-0.05, 0) is 25.2 Å². The topological polar surface area (TPSA) is 62.2 Å². The van der Waals surface area contributed by atoms with E-state index in [0.29, 0.717) is 10.6 Å².